The van der Waals surface area contributed by atoms with Crippen LogP contribution in [0.25, 0.3) is 0 Å². The van der Waals surface area contributed by atoms with Crippen molar-refractivity contribution in [3.05, 3.63) is 0 Å². The average Bonchev–Trinajstić information content (AvgIpc) is 3.13. The molecule has 0 amide bonds. The van der Waals surface area contributed by atoms with Crippen molar-refractivity contribution in [3.63, 3.8) is 0 Å². The van der Waals surface area contributed by atoms with Crippen LogP contribution in [0.5, 0.6) is 0 Å². The summed E-state index contributed by atoms with van der Waals surface area (Å²) < 4.78 is 47.9. The monoisotopic (exact) mass is 748 g/mol. The summed E-state index contributed by atoms with van der Waals surface area (Å²) in [6.45, 7) is 11.5. The van der Waals surface area contributed by atoms with Gasteiger partial charge >= 0.3 is 11.9 Å². The Hall–Kier alpha value is -2.12. The minimum atomic E-state index is -1.30. The van der Waals surface area contributed by atoms with Crippen LogP contribution in [0.15, 0.2) is 0 Å². The van der Waals surface area contributed by atoms with Gasteiger partial charge in [0.25, 0.3) is 0 Å². The number of hydrogen-bond donors (Lipinski definition) is 4. The van der Waals surface area contributed by atoms with Crippen LogP contribution in [0.4, 0.5) is 0 Å². The van der Waals surface area contributed by atoms with E-state index < -0.39 is 97.0 Å². The molecule has 52 heavy (non-hydrogen) atoms. The number of fused-ring (bicyclic) bond motifs is 6. The lowest BCUT2D eigenvalue weighted by Gasteiger charge is -2.43. The van der Waals surface area contributed by atoms with Crippen LogP contribution in [-0.4, -0.2) is 134 Å². The van der Waals surface area contributed by atoms with Gasteiger partial charge in [-0.15, -0.1) is 0 Å². The number of carbonyl (C=O) groups is 4. The van der Waals surface area contributed by atoms with E-state index in [1.807, 2.05) is 41.3 Å². The van der Waals surface area contributed by atoms with Gasteiger partial charge in [0.05, 0.1) is 80.8 Å². The van der Waals surface area contributed by atoms with Crippen molar-refractivity contribution >= 4 is 25.5 Å². The maximum absolute atomic E-state index is 13.8. The molecule has 300 valence electrons. The lowest BCUT2D eigenvalue weighted by molar-refractivity contribution is -0.274. The molecular formula is C36H60O16. The second-order valence-corrected chi connectivity index (χ2v) is 14.1. The van der Waals surface area contributed by atoms with Crippen molar-refractivity contribution < 1.29 is 77.5 Å². The molecule has 0 spiro atoms. The first-order chi connectivity index (χ1) is 25.1. The van der Waals surface area contributed by atoms with E-state index >= 15 is 0 Å². The van der Waals surface area contributed by atoms with E-state index in [1.54, 1.807) is 0 Å². The summed E-state index contributed by atoms with van der Waals surface area (Å²) in [7, 11) is 0. The number of ether oxygens (including phenoxy) is 8. The molecule has 16 unspecified atom stereocenters. The Morgan fingerprint density at radius 2 is 1.10 bits per heavy atom. The zero-order valence-electron chi connectivity index (χ0n) is 30.8. The van der Waals surface area contributed by atoms with Gasteiger partial charge in [-0.1, -0.05) is 27.7 Å². The molecule has 5 rings (SSSR count). The molecule has 0 aromatic rings. The highest BCUT2D eigenvalue weighted by Crippen LogP contribution is 2.38. The van der Waals surface area contributed by atoms with Crippen molar-refractivity contribution in [2.24, 2.45) is 35.5 Å². The second kappa shape index (κ2) is 21.7. The molecule has 5 saturated heterocycles. The molecule has 5 heterocycles. The lowest BCUT2D eigenvalue weighted by atomic mass is 9.82. The highest BCUT2D eigenvalue weighted by molar-refractivity contribution is 5.73. The van der Waals surface area contributed by atoms with Crippen LogP contribution < -0.4 is 0 Å². The molecule has 5 aliphatic rings. The molecule has 4 N–H and O–H groups in total. The van der Waals surface area contributed by atoms with E-state index in [9.17, 15) is 30.0 Å². The molecule has 0 radical (unpaired) electrons. The summed E-state index contributed by atoms with van der Waals surface area (Å²) >= 11 is 0. The van der Waals surface area contributed by atoms with Crippen LogP contribution in [0, 0.1) is 35.5 Å². The summed E-state index contributed by atoms with van der Waals surface area (Å²) in [5, 5.41) is 44.0. The quantitative estimate of drug-likeness (QED) is 0.297. The average molecular weight is 749 g/mol. The van der Waals surface area contributed by atoms with E-state index in [-0.39, 0.29) is 51.5 Å². The molecule has 16 heteroatoms. The van der Waals surface area contributed by atoms with E-state index in [2.05, 4.69) is 0 Å². The van der Waals surface area contributed by atoms with Gasteiger partial charge in [0.15, 0.2) is 12.6 Å². The van der Waals surface area contributed by atoms with Crippen LogP contribution in [0.2, 0.25) is 0 Å². The minimum Gasteiger partial charge on any atom is -0.435 e. The first-order valence-corrected chi connectivity index (χ1v) is 18.5. The fourth-order valence-electron chi connectivity index (χ4n) is 7.89. The Morgan fingerprint density at radius 3 is 1.71 bits per heavy atom. The van der Waals surface area contributed by atoms with Gasteiger partial charge in [-0.25, -0.2) is 0 Å². The van der Waals surface area contributed by atoms with Crippen LogP contribution in [0.3, 0.4) is 0 Å². The highest BCUT2D eigenvalue weighted by Gasteiger charge is 2.48. The lowest BCUT2D eigenvalue weighted by Crippen LogP contribution is -2.52. The number of carbonyl (C=O) groups excluding carboxylic acids is 4. The standard InChI is InChI=1S/C34H56O14.2CH2O/c1-5-17-9-24-25(32(40)43-17)15-41-13-19-10-23(21(7-3)29(37)44-19)30(38)47-33-22(8-4)27(35)12-20(46-33)14-42-16-26-28(36)11-18(6-2)45-34(26)48-31(24)39;2*1-2/h17-29,32-37,40H,5-16H2,1-4H3;2*1H2. The van der Waals surface area contributed by atoms with Gasteiger partial charge in [0, 0.05) is 30.6 Å². The summed E-state index contributed by atoms with van der Waals surface area (Å²) in [6, 6.07) is 0. The fraction of sp³-hybridized carbons (Fsp3) is 0.889. The molecule has 0 aromatic heterocycles. The van der Waals surface area contributed by atoms with Crippen molar-refractivity contribution in [2.75, 3.05) is 26.4 Å². The summed E-state index contributed by atoms with van der Waals surface area (Å²) in [6.07, 6.45) is -5.12. The molecule has 16 atom stereocenters. The van der Waals surface area contributed by atoms with Crippen molar-refractivity contribution in [1.82, 2.24) is 0 Å². The maximum atomic E-state index is 13.8. The molecule has 5 fully saturated rings. The first-order valence-electron chi connectivity index (χ1n) is 18.5. The van der Waals surface area contributed by atoms with Crippen molar-refractivity contribution in [2.45, 2.75) is 141 Å². The minimum absolute atomic E-state index is 0.0205. The number of esters is 2. The molecule has 4 bridgehead atoms. The van der Waals surface area contributed by atoms with Gasteiger partial charge in [-0.2, -0.15) is 0 Å². The predicted octanol–water partition coefficient (Wildman–Crippen LogP) is 1.25. The third kappa shape index (κ3) is 11.0. The Bertz CT molecular complexity index is 1080. The van der Waals surface area contributed by atoms with Gasteiger partial charge in [0.2, 0.25) is 12.6 Å². The van der Waals surface area contributed by atoms with E-state index in [1.165, 1.54) is 0 Å². The van der Waals surface area contributed by atoms with E-state index in [0.29, 0.717) is 38.5 Å². The van der Waals surface area contributed by atoms with Crippen molar-refractivity contribution in [1.29, 1.82) is 0 Å². The zero-order valence-corrected chi connectivity index (χ0v) is 30.8. The topological polar surface area (TPSA) is 223 Å². The zero-order chi connectivity index (χ0) is 38.5. The third-order valence-corrected chi connectivity index (χ3v) is 11.0. The number of rotatable bonds is 4. The van der Waals surface area contributed by atoms with E-state index in [4.69, 9.17) is 47.5 Å². The smallest absolute Gasteiger partial charge is 0.311 e. The van der Waals surface area contributed by atoms with Gasteiger partial charge in [-0.05, 0) is 38.5 Å². The molecule has 0 saturated carbocycles. The SMILES string of the molecule is C=O.C=O.CCC1CC2C(=O)OC3OC(CC)CC(O)C3COCC3CC(O)C(CC)C(OC(=O)C4CC(COCC2C(O)O1)OC(O)C4CC)O3. The highest BCUT2D eigenvalue weighted by atomic mass is 16.7. The molecular weight excluding hydrogens is 688 g/mol. The van der Waals surface area contributed by atoms with Gasteiger partial charge < -0.3 is 67.9 Å². The number of aliphatic hydroxyl groups excluding tert-OH is 4. The Morgan fingerprint density at radius 1 is 0.538 bits per heavy atom. The summed E-state index contributed by atoms with van der Waals surface area (Å²) in [5.74, 6) is -5.13. The van der Waals surface area contributed by atoms with Crippen LogP contribution in [0.1, 0.15) is 79.1 Å². The summed E-state index contributed by atoms with van der Waals surface area (Å²) in [4.78, 5) is 43.5. The second-order valence-electron chi connectivity index (χ2n) is 14.1. The molecule has 5 aliphatic heterocycles. The Labute approximate surface area is 305 Å². The van der Waals surface area contributed by atoms with Gasteiger partial charge in [0.1, 0.15) is 13.6 Å². The fourth-order valence-corrected chi connectivity index (χ4v) is 7.89. The Kier molecular flexibility index (Phi) is 18.5. The van der Waals surface area contributed by atoms with Crippen molar-refractivity contribution in [3.8, 4) is 0 Å². The van der Waals surface area contributed by atoms with Gasteiger partial charge in [-0.3, -0.25) is 9.59 Å². The largest absolute Gasteiger partial charge is 0.435 e. The molecule has 0 aliphatic carbocycles. The molecule has 16 nitrogen and oxygen atoms in total. The van der Waals surface area contributed by atoms with Crippen LogP contribution >= 0.6 is 0 Å². The predicted molar refractivity (Wildman–Crippen MR) is 180 cm³/mol. The summed E-state index contributed by atoms with van der Waals surface area (Å²) in [5.41, 5.74) is 0. The number of hydrogen-bond acceptors (Lipinski definition) is 16. The maximum Gasteiger partial charge on any atom is 0.311 e. The van der Waals surface area contributed by atoms with Crippen LogP contribution in [-0.2, 0) is 57.1 Å². The molecule has 0 aromatic carbocycles. The first kappa shape index (κ1) is 44.3. The number of aliphatic hydroxyl groups is 4. The van der Waals surface area contributed by atoms with E-state index in [0.717, 1.165) is 0 Å². The third-order valence-electron chi connectivity index (χ3n) is 11.0. The normalized spacial score (nSPS) is 43.3. The Balaban J connectivity index is 0.00000176.